The molecular formula is C13H17N3O2S2. The molecule has 3 rings (SSSR count). The lowest BCUT2D eigenvalue weighted by Crippen LogP contribution is -2.28. The lowest BCUT2D eigenvalue weighted by atomic mass is 10.1. The fourth-order valence-electron chi connectivity index (χ4n) is 2.67. The lowest BCUT2D eigenvalue weighted by Gasteiger charge is -2.16. The number of aromatic nitrogens is 2. The van der Waals surface area contributed by atoms with Crippen molar-refractivity contribution >= 4 is 21.4 Å². The zero-order chi connectivity index (χ0) is 14.3. The van der Waals surface area contributed by atoms with Crippen LogP contribution >= 0.6 is 11.3 Å². The quantitative estimate of drug-likeness (QED) is 0.871. The first-order valence-electron chi connectivity index (χ1n) is 6.51. The molecular weight excluding hydrogens is 294 g/mol. The molecule has 0 amide bonds. The fraction of sp³-hybridized carbons (Fsp3) is 0.462. The average molecular weight is 311 g/mol. The molecule has 0 spiro atoms. The van der Waals surface area contributed by atoms with Gasteiger partial charge in [-0.1, -0.05) is 0 Å². The Labute approximate surface area is 122 Å². The number of aryl methyl sites for hydroxylation is 2. The van der Waals surface area contributed by atoms with Crippen LogP contribution in [0.4, 0.5) is 0 Å². The zero-order valence-corrected chi connectivity index (χ0v) is 13.1. The van der Waals surface area contributed by atoms with Crippen LogP contribution in [0.15, 0.2) is 28.0 Å². The first-order chi connectivity index (χ1) is 9.50. The Morgan fingerprint density at radius 3 is 2.85 bits per heavy atom. The topological polar surface area (TPSA) is 55.2 Å². The van der Waals surface area contributed by atoms with Gasteiger partial charge in [0, 0.05) is 38.4 Å². The smallest absolute Gasteiger partial charge is 0.252 e. The van der Waals surface area contributed by atoms with Gasteiger partial charge in [0.05, 0.1) is 0 Å². The third-order valence-electron chi connectivity index (χ3n) is 3.76. The molecule has 2 aromatic heterocycles. The molecule has 7 heteroatoms. The van der Waals surface area contributed by atoms with Crippen LogP contribution in [0.3, 0.4) is 0 Å². The Kier molecular flexibility index (Phi) is 3.43. The van der Waals surface area contributed by atoms with Crippen LogP contribution in [0.5, 0.6) is 0 Å². The average Bonchev–Trinajstić information content (AvgIpc) is 3.08. The molecule has 1 fully saturated rings. The summed E-state index contributed by atoms with van der Waals surface area (Å²) in [5.41, 5.74) is 0.829. The minimum Gasteiger partial charge on any atom is -0.338 e. The number of hydrogen-bond donors (Lipinski definition) is 0. The second-order valence-corrected chi connectivity index (χ2v) is 8.19. The van der Waals surface area contributed by atoms with Crippen LogP contribution in [-0.4, -0.2) is 35.4 Å². The van der Waals surface area contributed by atoms with Crippen LogP contribution in [0.25, 0.3) is 0 Å². The van der Waals surface area contributed by atoms with E-state index in [1.165, 1.54) is 11.3 Å². The third-order valence-corrected chi connectivity index (χ3v) is 7.29. The van der Waals surface area contributed by atoms with Gasteiger partial charge in [-0.25, -0.2) is 13.4 Å². The van der Waals surface area contributed by atoms with Gasteiger partial charge in [0.2, 0.25) is 0 Å². The van der Waals surface area contributed by atoms with Crippen molar-refractivity contribution in [3.8, 4) is 0 Å². The van der Waals surface area contributed by atoms with Gasteiger partial charge in [0.25, 0.3) is 10.0 Å². The molecule has 0 saturated carbocycles. The minimum atomic E-state index is -3.35. The van der Waals surface area contributed by atoms with Crippen molar-refractivity contribution < 1.29 is 8.42 Å². The largest absolute Gasteiger partial charge is 0.338 e. The van der Waals surface area contributed by atoms with E-state index >= 15 is 0 Å². The summed E-state index contributed by atoms with van der Waals surface area (Å²) in [6.07, 6.45) is 4.49. The van der Waals surface area contributed by atoms with E-state index in [2.05, 4.69) is 4.98 Å². The van der Waals surface area contributed by atoms with E-state index in [0.717, 1.165) is 17.8 Å². The summed E-state index contributed by atoms with van der Waals surface area (Å²) in [6, 6.07) is 1.85. The summed E-state index contributed by atoms with van der Waals surface area (Å²) in [6.45, 7) is 2.93. The number of sulfonamides is 1. The van der Waals surface area contributed by atoms with Crippen molar-refractivity contribution in [3.05, 3.63) is 35.2 Å². The van der Waals surface area contributed by atoms with Gasteiger partial charge in [0.1, 0.15) is 10.0 Å². The highest BCUT2D eigenvalue weighted by Gasteiger charge is 2.35. The summed E-state index contributed by atoms with van der Waals surface area (Å²) < 4.78 is 29.3. The summed E-state index contributed by atoms with van der Waals surface area (Å²) in [4.78, 5) is 4.34. The van der Waals surface area contributed by atoms with Gasteiger partial charge in [-0.15, -0.1) is 11.3 Å². The van der Waals surface area contributed by atoms with E-state index in [9.17, 15) is 8.42 Å². The van der Waals surface area contributed by atoms with Crippen molar-refractivity contribution in [2.75, 3.05) is 13.1 Å². The van der Waals surface area contributed by atoms with Crippen molar-refractivity contribution in [2.45, 2.75) is 23.5 Å². The monoisotopic (exact) mass is 311 g/mol. The molecule has 108 valence electrons. The predicted molar refractivity (Wildman–Crippen MR) is 78.4 cm³/mol. The maximum atomic E-state index is 12.6. The highest BCUT2D eigenvalue weighted by molar-refractivity contribution is 7.91. The number of hydrogen-bond acceptors (Lipinski definition) is 4. The highest BCUT2D eigenvalue weighted by Crippen LogP contribution is 2.32. The van der Waals surface area contributed by atoms with Gasteiger partial charge in [-0.05, 0) is 30.4 Å². The summed E-state index contributed by atoms with van der Waals surface area (Å²) >= 11 is 1.29. The predicted octanol–water partition coefficient (Wildman–Crippen LogP) is 1.97. The van der Waals surface area contributed by atoms with E-state index < -0.39 is 10.0 Å². The number of imidazole rings is 1. The highest BCUT2D eigenvalue weighted by atomic mass is 32.2. The molecule has 0 aromatic carbocycles. The third kappa shape index (κ3) is 2.19. The Hall–Kier alpha value is -1.18. The van der Waals surface area contributed by atoms with Crippen LogP contribution in [0, 0.1) is 6.92 Å². The maximum Gasteiger partial charge on any atom is 0.252 e. The van der Waals surface area contributed by atoms with Crippen LogP contribution in [0.1, 0.15) is 23.7 Å². The standard InChI is InChI=1S/C13H17N3O2S2/c1-10-4-8-19-13(10)20(17,18)16-6-3-11(9-16)12-14-5-7-15(12)2/h4-5,7-8,11H,3,6,9H2,1-2H3. The normalized spacial score (nSPS) is 20.6. The van der Waals surface area contributed by atoms with Crippen LogP contribution in [0.2, 0.25) is 0 Å². The second-order valence-electron chi connectivity index (χ2n) is 5.14. The Morgan fingerprint density at radius 1 is 1.45 bits per heavy atom. The molecule has 0 N–H and O–H groups in total. The Bertz CT molecular complexity index is 718. The Balaban J connectivity index is 1.84. The molecule has 0 radical (unpaired) electrons. The van der Waals surface area contributed by atoms with Crippen molar-refractivity contribution in [1.82, 2.24) is 13.9 Å². The van der Waals surface area contributed by atoms with Gasteiger partial charge in [-0.3, -0.25) is 0 Å². The second kappa shape index (κ2) is 4.98. The molecule has 1 aliphatic rings. The molecule has 1 saturated heterocycles. The van der Waals surface area contributed by atoms with E-state index in [1.807, 2.05) is 36.2 Å². The van der Waals surface area contributed by atoms with E-state index in [-0.39, 0.29) is 5.92 Å². The zero-order valence-electron chi connectivity index (χ0n) is 11.5. The van der Waals surface area contributed by atoms with Crippen molar-refractivity contribution in [2.24, 2.45) is 7.05 Å². The summed E-state index contributed by atoms with van der Waals surface area (Å²) in [5, 5.41) is 1.83. The van der Waals surface area contributed by atoms with E-state index in [4.69, 9.17) is 0 Å². The maximum absolute atomic E-state index is 12.6. The molecule has 0 aliphatic carbocycles. The number of nitrogens with zero attached hydrogens (tertiary/aromatic N) is 3. The molecule has 1 unspecified atom stereocenters. The molecule has 2 aromatic rings. The SMILES string of the molecule is Cc1ccsc1S(=O)(=O)N1CCC(c2nccn2C)C1. The molecule has 3 heterocycles. The first-order valence-corrected chi connectivity index (χ1v) is 8.83. The van der Waals surface area contributed by atoms with Gasteiger partial charge >= 0.3 is 0 Å². The van der Waals surface area contributed by atoms with Crippen LogP contribution < -0.4 is 0 Å². The molecule has 1 atom stereocenters. The molecule has 5 nitrogen and oxygen atoms in total. The van der Waals surface area contributed by atoms with Gasteiger partial charge in [0.15, 0.2) is 0 Å². The van der Waals surface area contributed by atoms with Gasteiger partial charge in [-0.2, -0.15) is 4.31 Å². The lowest BCUT2D eigenvalue weighted by molar-refractivity contribution is 0.471. The molecule has 1 aliphatic heterocycles. The Morgan fingerprint density at radius 2 is 2.25 bits per heavy atom. The summed E-state index contributed by atoms with van der Waals surface area (Å²) in [5.74, 6) is 1.15. The van der Waals surface area contributed by atoms with Gasteiger partial charge < -0.3 is 4.57 Å². The van der Waals surface area contributed by atoms with Crippen molar-refractivity contribution in [1.29, 1.82) is 0 Å². The number of rotatable bonds is 3. The van der Waals surface area contributed by atoms with Crippen molar-refractivity contribution in [3.63, 3.8) is 0 Å². The number of thiophene rings is 1. The van der Waals surface area contributed by atoms with Crippen LogP contribution in [-0.2, 0) is 17.1 Å². The molecule has 20 heavy (non-hydrogen) atoms. The van der Waals surface area contributed by atoms with E-state index in [0.29, 0.717) is 17.3 Å². The summed E-state index contributed by atoms with van der Waals surface area (Å²) in [7, 11) is -1.40. The first kappa shape index (κ1) is 13.8. The molecule has 0 bridgehead atoms. The van der Waals surface area contributed by atoms with E-state index in [1.54, 1.807) is 10.5 Å². The fourth-order valence-corrected chi connectivity index (χ4v) is 5.72. The minimum absolute atomic E-state index is 0.185.